The van der Waals surface area contributed by atoms with Gasteiger partial charge in [-0.3, -0.25) is 19.2 Å². The highest BCUT2D eigenvalue weighted by atomic mass is 32.2. The van der Waals surface area contributed by atoms with Gasteiger partial charge in [0.25, 0.3) is 11.8 Å². The second-order valence-electron chi connectivity index (χ2n) is 11.1. The normalized spacial score (nSPS) is 20.3. The molecule has 2 bridgehead atoms. The van der Waals surface area contributed by atoms with E-state index in [4.69, 9.17) is 4.74 Å². The van der Waals surface area contributed by atoms with Crippen LogP contribution in [-0.2, 0) is 30.5 Å². The van der Waals surface area contributed by atoms with E-state index >= 15 is 0 Å². The highest BCUT2D eigenvalue weighted by Gasteiger charge is 2.36. The molecule has 3 amide bonds. The molecule has 1 aromatic rings. The van der Waals surface area contributed by atoms with Crippen molar-refractivity contribution in [2.24, 2.45) is 5.41 Å². The monoisotopic (exact) mass is 620 g/mol. The van der Waals surface area contributed by atoms with Gasteiger partial charge < -0.3 is 20.7 Å². The van der Waals surface area contributed by atoms with E-state index < -0.39 is 35.3 Å². The first-order valence-corrected chi connectivity index (χ1v) is 16.3. The molecular weight excluding hydrogens is 576 g/mol. The summed E-state index contributed by atoms with van der Waals surface area (Å²) in [4.78, 5) is 68.3. The second kappa shape index (κ2) is 17.8. The van der Waals surface area contributed by atoms with Gasteiger partial charge in [-0.25, -0.2) is 9.78 Å². The zero-order valence-corrected chi connectivity index (χ0v) is 26.9. The van der Waals surface area contributed by atoms with E-state index in [2.05, 4.69) is 27.9 Å². The third-order valence-corrected chi connectivity index (χ3v) is 8.23. The van der Waals surface area contributed by atoms with Crippen molar-refractivity contribution in [2.75, 3.05) is 5.75 Å². The molecule has 0 spiro atoms. The van der Waals surface area contributed by atoms with E-state index in [1.165, 1.54) is 42.0 Å². The molecule has 0 saturated heterocycles. The summed E-state index contributed by atoms with van der Waals surface area (Å²) in [7, 11) is 0. The molecule has 1 aliphatic heterocycles. The van der Waals surface area contributed by atoms with E-state index in [-0.39, 0.29) is 35.4 Å². The van der Waals surface area contributed by atoms with Crippen molar-refractivity contribution in [1.29, 1.82) is 0 Å². The summed E-state index contributed by atoms with van der Waals surface area (Å²) in [6.45, 7) is 9.18. The Hall–Kier alpha value is -2.99. The average molecular weight is 621 g/mol. The number of carbonyl (C=O) groups is 5. The minimum Gasteiger partial charge on any atom is -0.456 e. The third kappa shape index (κ3) is 12.5. The van der Waals surface area contributed by atoms with Crippen LogP contribution >= 0.6 is 23.1 Å². The number of aromatic nitrogens is 1. The third-order valence-electron chi connectivity index (χ3n) is 6.42. The van der Waals surface area contributed by atoms with E-state index in [9.17, 15) is 24.0 Å². The molecule has 2 heterocycles. The molecule has 0 radical (unpaired) electrons. The molecule has 1 aromatic heterocycles. The molecule has 0 fully saturated rings. The van der Waals surface area contributed by atoms with Crippen LogP contribution in [0.15, 0.2) is 29.3 Å². The highest BCUT2D eigenvalue weighted by molar-refractivity contribution is 8.13. The molecule has 2 rings (SSSR count). The fourth-order valence-electron chi connectivity index (χ4n) is 4.01. The number of nitrogens with one attached hydrogen (secondary N) is 3. The molecule has 3 N–H and O–H groups in total. The Balaban J connectivity index is 2.14. The lowest BCUT2D eigenvalue weighted by molar-refractivity contribution is -0.154. The largest absolute Gasteiger partial charge is 0.456 e. The number of amides is 3. The maximum Gasteiger partial charge on any atom is 0.329 e. The Kier molecular flexibility index (Phi) is 15.0. The average Bonchev–Trinajstić information content (AvgIpc) is 3.41. The van der Waals surface area contributed by atoms with Crippen molar-refractivity contribution >= 4 is 51.9 Å². The van der Waals surface area contributed by atoms with Crippen LogP contribution in [0.4, 0.5) is 0 Å². The maximum atomic E-state index is 13.3. The van der Waals surface area contributed by atoms with Crippen LogP contribution in [-0.4, -0.2) is 51.7 Å². The van der Waals surface area contributed by atoms with Crippen molar-refractivity contribution in [3.8, 4) is 0 Å². The second-order valence-corrected chi connectivity index (χ2v) is 13.2. The van der Waals surface area contributed by atoms with Crippen LogP contribution in [0.25, 0.3) is 0 Å². The highest BCUT2D eigenvalue weighted by Crippen LogP contribution is 2.22. The van der Waals surface area contributed by atoms with Gasteiger partial charge in [0.1, 0.15) is 28.5 Å². The summed E-state index contributed by atoms with van der Waals surface area (Å²) < 4.78 is 5.75. The smallest absolute Gasteiger partial charge is 0.329 e. The number of hydrogen-bond acceptors (Lipinski definition) is 9. The molecule has 0 unspecified atom stereocenters. The number of ether oxygens (including phenoxy) is 1. The lowest BCUT2D eigenvalue weighted by atomic mass is 9.86. The van der Waals surface area contributed by atoms with Crippen LogP contribution in [0.3, 0.4) is 0 Å². The van der Waals surface area contributed by atoms with Crippen molar-refractivity contribution in [3.63, 3.8) is 0 Å². The summed E-state index contributed by atoms with van der Waals surface area (Å²) in [5.74, 6) is -1.72. The maximum absolute atomic E-state index is 13.3. The SMILES string of the molecule is C/C=C1\NC(=O)c2csc(n2)CNC(=O)C[C@@H](/C=C/CCSC(=O)CCCCCCC)OC(=O)[C@H](C(C)(C)C)NC1=O. The number of allylic oxidation sites excluding steroid dienone is 2. The lowest BCUT2D eigenvalue weighted by Gasteiger charge is -2.31. The van der Waals surface area contributed by atoms with Crippen LogP contribution < -0.4 is 16.0 Å². The minimum atomic E-state index is -1.07. The van der Waals surface area contributed by atoms with E-state index in [0.29, 0.717) is 23.6 Å². The summed E-state index contributed by atoms with van der Waals surface area (Å²) >= 11 is 2.49. The molecule has 1 aliphatic rings. The minimum absolute atomic E-state index is 0.0264. The number of hydrogen-bond donors (Lipinski definition) is 3. The summed E-state index contributed by atoms with van der Waals surface area (Å²) in [6, 6.07) is -1.07. The molecule has 42 heavy (non-hydrogen) atoms. The summed E-state index contributed by atoms with van der Waals surface area (Å²) in [5.41, 5.74) is -0.653. The lowest BCUT2D eigenvalue weighted by Crippen LogP contribution is -2.52. The van der Waals surface area contributed by atoms with Crippen molar-refractivity contribution < 1.29 is 28.7 Å². The van der Waals surface area contributed by atoms with Crippen molar-refractivity contribution in [1.82, 2.24) is 20.9 Å². The number of carbonyl (C=O) groups excluding carboxylic acids is 5. The van der Waals surface area contributed by atoms with E-state index in [1.54, 1.807) is 45.2 Å². The van der Waals surface area contributed by atoms with Gasteiger partial charge in [0, 0.05) is 17.6 Å². The molecule has 232 valence electrons. The van der Waals surface area contributed by atoms with E-state index in [0.717, 1.165) is 19.3 Å². The summed E-state index contributed by atoms with van der Waals surface area (Å²) in [5, 5.41) is 10.2. The molecule has 0 saturated carbocycles. The van der Waals surface area contributed by atoms with E-state index in [1.807, 2.05) is 0 Å². The fourth-order valence-corrected chi connectivity index (χ4v) is 5.49. The molecule has 12 heteroatoms. The number of cyclic esters (lactones) is 1. The van der Waals surface area contributed by atoms with Crippen LogP contribution in [0.5, 0.6) is 0 Å². The Labute approximate surface area is 256 Å². The standard InChI is InChI=1S/C30H44N4O6S2/c1-6-8-9-10-11-15-25(36)41-16-13-12-14-20-17-23(35)31-18-24-32-22(19-42-24)28(38)33-21(7-2)27(37)34-26(29(39)40-20)30(3,4)5/h7,12,14,19-20,26H,6,8-11,13,15-18H2,1-5H3,(H,31,35)(H,33,38)(H,34,37)/b14-12+,21-7-/t20-,26-/m1/s1. The van der Waals surface area contributed by atoms with Gasteiger partial charge in [0.05, 0.1) is 13.0 Å². The first kappa shape index (κ1) is 35.2. The van der Waals surface area contributed by atoms with Crippen LogP contribution in [0, 0.1) is 5.41 Å². The first-order chi connectivity index (χ1) is 19.9. The van der Waals surface area contributed by atoms with Gasteiger partial charge in [0.2, 0.25) is 5.91 Å². The van der Waals surface area contributed by atoms with Crippen molar-refractivity contribution in [2.45, 2.75) is 105 Å². The van der Waals surface area contributed by atoms with Gasteiger partial charge >= 0.3 is 5.97 Å². The summed E-state index contributed by atoms with van der Waals surface area (Å²) in [6.07, 6.45) is 10.5. The molecular formula is C30H44N4O6S2. The molecule has 10 nitrogen and oxygen atoms in total. The first-order valence-electron chi connectivity index (χ1n) is 14.5. The molecule has 0 aromatic carbocycles. The molecule has 2 atom stereocenters. The van der Waals surface area contributed by atoms with Gasteiger partial charge in [-0.1, -0.05) is 77.3 Å². The predicted molar refractivity (Wildman–Crippen MR) is 166 cm³/mol. The Morgan fingerprint density at radius 1 is 1.14 bits per heavy atom. The molecule has 0 aliphatic carbocycles. The Morgan fingerprint density at radius 3 is 2.57 bits per heavy atom. The number of nitrogens with zero attached hydrogens (tertiary/aromatic N) is 1. The number of esters is 1. The van der Waals surface area contributed by atoms with Gasteiger partial charge in [-0.05, 0) is 31.3 Å². The zero-order valence-electron chi connectivity index (χ0n) is 25.2. The van der Waals surface area contributed by atoms with Crippen LogP contribution in [0.1, 0.15) is 101 Å². The Bertz CT molecular complexity index is 1150. The zero-order chi connectivity index (χ0) is 31.1. The van der Waals surface area contributed by atoms with Gasteiger partial charge in [0.15, 0.2) is 5.12 Å². The predicted octanol–water partition coefficient (Wildman–Crippen LogP) is 4.81. The Morgan fingerprint density at radius 2 is 1.88 bits per heavy atom. The quantitative estimate of drug-likeness (QED) is 0.146. The number of rotatable bonds is 10. The number of thioether (sulfide) groups is 1. The fraction of sp³-hybridized carbons (Fsp3) is 0.600. The number of fused-ring (bicyclic) bond motifs is 2. The van der Waals surface area contributed by atoms with Crippen molar-refractivity contribution in [3.05, 3.63) is 40.0 Å². The van der Waals surface area contributed by atoms with Crippen LogP contribution in [0.2, 0.25) is 0 Å². The number of thiazole rings is 1. The van der Waals surface area contributed by atoms with Gasteiger partial charge in [-0.15, -0.1) is 11.3 Å². The topological polar surface area (TPSA) is 144 Å². The number of unbranched alkanes of at least 4 members (excludes halogenated alkanes) is 4. The van der Waals surface area contributed by atoms with Gasteiger partial charge in [-0.2, -0.15) is 0 Å².